The second-order valence-electron chi connectivity index (χ2n) is 5.46. The van der Waals surface area contributed by atoms with Crippen LogP contribution in [0.5, 0.6) is 0 Å². The second-order valence-corrected chi connectivity index (χ2v) is 5.46. The second kappa shape index (κ2) is 5.36. The third-order valence-electron chi connectivity index (χ3n) is 4.29. The fourth-order valence-electron chi connectivity index (χ4n) is 3.08. The number of nitrogens with zero attached hydrogens (tertiary/aromatic N) is 1. The Morgan fingerprint density at radius 2 is 2.35 bits per heavy atom. The molecule has 2 rings (SSSR count). The number of β-amino-alcohol motifs (C(OH)–C–C–N with tert-alkyl or cyclic N) is 1. The molecule has 0 aromatic carbocycles. The summed E-state index contributed by atoms with van der Waals surface area (Å²) in [6, 6.07) is 0. The lowest BCUT2D eigenvalue weighted by Crippen LogP contribution is -2.54. The van der Waals surface area contributed by atoms with Crippen LogP contribution in [0, 0.1) is 5.41 Å². The van der Waals surface area contributed by atoms with E-state index in [2.05, 4.69) is 12.2 Å². The number of carbonyl (C=O) groups is 1. The van der Waals surface area contributed by atoms with E-state index in [-0.39, 0.29) is 17.4 Å². The van der Waals surface area contributed by atoms with Gasteiger partial charge in [-0.3, -0.25) is 4.79 Å². The first-order valence-electron chi connectivity index (χ1n) is 6.86. The summed E-state index contributed by atoms with van der Waals surface area (Å²) in [5, 5.41) is 13.0. The maximum atomic E-state index is 12.6. The maximum absolute atomic E-state index is 12.6. The molecule has 2 saturated heterocycles. The third kappa shape index (κ3) is 2.63. The minimum absolute atomic E-state index is 0.213. The number of carbonyl (C=O) groups excluding carboxylic acids is 1. The van der Waals surface area contributed by atoms with Gasteiger partial charge in [-0.25, -0.2) is 0 Å². The van der Waals surface area contributed by atoms with Gasteiger partial charge in [0.1, 0.15) is 0 Å². The Bertz CT molecular complexity index is 275. The average Bonchev–Trinajstić information content (AvgIpc) is 2.38. The number of amides is 1. The molecular formula is C13H24N2O2. The van der Waals surface area contributed by atoms with Crippen molar-refractivity contribution in [3.8, 4) is 0 Å². The van der Waals surface area contributed by atoms with E-state index in [1.807, 2.05) is 4.90 Å². The molecule has 0 aromatic rings. The molecule has 0 spiro atoms. The number of hydrogen-bond acceptors (Lipinski definition) is 3. The number of aliphatic hydroxyl groups is 1. The SMILES string of the molecule is CCC1(C(=O)N2CCC[C@H](O)C2)CCCNC1. The molecule has 2 atom stereocenters. The first-order chi connectivity index (χ1) is 8.18. The average molecular weight is 240 g/mol. The highest BCUT2D eigenvalue weighted by atomic mass is 16.3. The van der Waals surface area contributed by atoms with E-state index >= 15 is 0 Å². The van der Waals surface area contributed by atoms with Crippen molar-refractivity contribution in [3.63, 3.8) is 0 Å². The molecule has 1 amide bonds. The Hall–Kier alpha value is -0.610. The zero-order valence-electron chi connectivity index (χ0n) is 10.7. The molecule has 0 bridgehead atoms. The number of likely N-dealkylation sites (tertiary alicyclic amines) is 1. The van der Waals surface area contributed by atoms with Crippen molar-refractivity contribution in [1.29, 1.82) is 0 Å². The van der Waals surface area contributed by atoms with Crippen molar-refractivity contribution < 1.29 is 9.90 Å². The molecule has 0 radical (unpaired) electrons. The lowest BCUT2D eigenvalue weighted by atomic mass is 9.76. The monoisotopic (exact) mass is 240 g/mol. The van der Waals surface area contributed by atoms with Crippen LogP contribution in [0.1, 0.15) is 39.0 Å². The molecular weight excluding hydrogens is 216 g/mol. The van der Waals surface area contributed by atoms with Crippen molar-refractivity contribution in [2.24, 2.45) is 5.41 Å². The number of nitrogens with one attached hydrogen (secondary N) is 1. The van der Waals surface area contributed by atoms with Gasteiger partial charge in [0, 0.05) is 19.6 Å². The summed E-state index contributed by atoms with van der Waals surface area (Å²) < 4.78 is 0. The maximum Gasteiger partial charge on any atom is 0.230 e. The number of aliphatic hydroxyl groups excluding tert-OH is 1. The molecule has 2 fully saturated rings. The van der Waals surface area contributed by atoms with Crippen molar-refractivity contribution >= 4 is 5.91 Å². The highest BCUT2D eigenvalue weighted by molar-refractivity contribution is 5.83. The van der Waals surface area contributed by atoms with Crippen LogP contribution in [0.25, 0.3) is 0 Å². The zero-order chi connectivity index (χ0) is 12.3. The van der Waals surface area contributed by atoms with Crippen molar-refractivity contribution in [2.75, 3.05) is 26.2 Å². The summed E-state index contributed by atoms with van der Waals surface area (Å²) >= 11 is 0. The standard InChI is InChI=1S/C13H24N2O2/c1-2-13(6-4-7-14-10-13)12(17)15-8-3-5-11(16)9-15/h11,14,16H,2-10H2,1H3/t11-,13?/m0/s1. The smallest absolute Gasteiger partial charge is 0.230 e. The van der Waals surface area contributed by atoms with E-state index < -0.39 is 0 Å². The van der Waals surface area contributed by atoms with Gasteiger partial charge in [0.25, 0.3) is 0 Å². The predicted molar refractivity (Wildman–Crippen MR) is 66.6 cm³/mol. The molecule has 2 aliphatic rings. The van der Waals surface area contributed by atoms with Crippen LogP contribution in [0.15, 0.2) is 0 Å². The highest BCUT2D eigenvalue weighted by Crippen LogP contribution is 2.33. The minimum Gasteiger partial charge on any atom is -0.391 e. The Balaban J connectivity index is 2.05. The topological polar surface area (TPSA) is 52.6 Å². The predicted octanol–water partition coefficient (Wildman–Crippen LogP) is 0.750. The first kappa shape index (κ1) is 12.8. The van der Waals surface area contributed by atoms with E-state index in [9.17, 15) is 9.90 Å². The van der Waals surface area contributed by atoms with Crippen LogP contribution in [0.2, 0.25) is 0 Å². The molecule has 0 aliphatic carbocycles. The van der Waals surface area contributed by atoms with Crippen molar-refractivity contribution in [3.05, 3.63) is 0 Å². The summed E-state index contributed by atoms with van der Waals surface area (Å²) in [4.78, 5) is 14.5. The van der Waals surface area contributed by atoms with Gasteiger partial charge in [-0.05, 0) is 38.6 Å². The lowest BCUT2D eigenvalue weighted by molar-refractivity contribution is -0.146. The molecule has 0 aromatic heterocycles. The Morgan fingerprint density at radius 3 is 2.94 bits per heavy atom. The van der Waals surface area contributed by atoms with E-state index in [4.69, 9.17) is 0 Å². The molecule has 2 aliphatic heterocycles. The fourth-order valence-corrected chi connectivity index (χ4v) is 3.08. The third-order valence-corrected chi connectivity index (χ3v) is 4.29. The Labute approximate surface area is 103 Å². The van der Waals surface area contributed by atoms with Gasteiger partial charge in [0.15, 0.2) is 0 Å². The van der Waals surface area contributed by atoms with Crippen LogP contribution in [-0.2, 0) is 4.79 Å². The van der Waals surface area contributed by atoms with Gasteiger partial charge in [-0.1, -0.05) is 6.92 Å². The summed E-state index contributed by atoms with van der Waals surface area (Å²) in [6.07, 6.45) is 4.41. The van der Waals surface area contributed by atoms with E-state index in [0.717, 1.165) is 51.7 Å². The number of piperidine rings is 2. The Kier molecular flexibility index (Phi) is 4.05. The highest BCUT2D eigenvalue weighted by Gasteiger charge is 2.41. The van der Waals surface area contributed by atoms with E-state index in [1.54, 1.807) is 0 Å². The molecule has 4 nitrogen and oxygen atoms in total. The van der Waals surface area contributed by atoms with Crippen molar-refractivity contribution in [1.82, 2.24) is 10.2 Å². The summed E-state index contributed by atoms with van der Waals surface area (Å²) in [5.74, 6) is 0.256. The van der Waals surface area contributed by atoms with Crippen LogP contribution in [0.3, 0.4) is 0 Å². The fraction of sp³-hybridized carbons (Fsp3) is 0.923. The van der Waals surface area contributed by atoms with E-state index in [0.29, 0.717) is 6.54 Å². The molecule has 2 N–H and O–H groups in total. The van der Waals surface area contributed by atoms with Crippen LogP contribution < -0.4 is 5.32 Å². The zero-order valence-corrected chi connectivity index (χ0v) is 10.7. The molecule has 1 unspecified atom stereocenters. The van der Waals surface area contributed by atoms with Gasteiger partial charge in [-0.15, -0.1) is 0 Å². The van der Waals surface area contributed by atoms with Gasteiger partial charge in [0.05, 0.1) is 11.5 Å². The van der Waals surface area contributed by atoms with Gasteiger partial charge < -0.3 is 15.3 Å². The van der Waals surface area contributed by atoms with Crippen LogP contribution in [-0.4, -0.2) is 48.2 Å². The first-order valence-corrected chi connectivity index (χ1v) is 6.86. The lowest BCUT2D eigenvalue weighted by Gasteiger charge is -2.41. The normalized spacial score (nSPS) is 34.7. The molecule has 17 heavy (non-hydrogen) atoms. The largest absolute Gasteiger partial charge is 0.391 e. The quantitative estimate of drug-likeness (QED) is 0.749. The number of hydrogen-bond donors (Lipinski definition) is 2. The number of rotatable bonds is 2. The Morgan fingerprint density at radius 1 is 1.53 bits per heavy atom. The summed E-state index contributed by atoms with van der Waals surface area (Å²) in [6.45, 7) is 5.27. The summed E-state index contributed by atoms with van der Waals surface area (Å²) in [7, 11) is 0. The van der Waals surface area contributed by atoms with Gasteiger partial charge in [0.2, 0.25) is 5.91 Å². The van der Waals surface area contributed by atoms with Crippen molar-refractivity contribution in [2.45, 2.75) is 45.1 Å². The van der Waals surface area contributed by atoms with Gasteiger partial charge >= 0.3 is 0 Å². The minimum atomic E-state index is -0.321. The molecule has 0 saturated carbocycles. The summed E-state index contributed by atoms with van der Waals surface area (Å²) in [5.41, 5.74) is -0.213. The van der Waals surface area contributed by atoms with Crippen LogP contribution in [0.4, 0.5) is 0 Å². The molecule has 98 valence electrons. The van der Waals surface area contributed by atoms with E-state index in [1.165, 1.54) is 0 Å². The van der Waals surface area contributed by atoms with Crippen LogP contribution >= 0.6 is 0 Å². The molecule has 2 heterocycles. The van der Waals surface area contributed by atoms with Gasteiger partial charge in [-0.2, -0.15) is 0 Å². The molecule has 4 heteroatoms.